The first-order valence-electron chi connectivity index (χ1n) is 8.92. The topological polar surface area (TPSA) is 130 Å². The molecule has 2 heterocycles. The highest BCUT2D eigenvalue weighted by Crippen LogP contribution is 2.31. The van der Waals surface area contributed by atoms with Crippen LogP contribution in [0.3, 0.4) is 0 Å². The Morgan fingerprint density at radius 2 is 1.65 bits per heavy atom. The number of hydrogen-bond acceptors (Lipinski definition) is 6. The zero-order valence-electron chi connectivity index (χ0n) is 15.5. The van der Waals surface area contributed by atoms with Crippen LogP contribution < -0.4 is 10.0 Å². The van der Waals surface area contributed by atoms with E-state index in [1.807, 2.05) is 0 Å². The fourth-order valence-electron chi connectivity index (χ4n) is 3.39. The maximum Gasteiger partial charge on any atom is 0.262 e. The van der Waals surface area contributed by atoms with Crippen LogP contribution in [0.15, 0.2) is 41.3 Å². The summed E-state index contributed by atoms with van der Waals surface area (Å²) in [7, 11) is -4.05. The normalized spacial score (nSPS) is 18.8. The van der Waals surface area contributed by atoms with Gasteiger partial charge in [-0.05, 0) is 42.8 Å². The number of piperidine rings is 1. The highest BCUT2D eigenvalue weighted by Gasteiger charge is 2.44. The van der Waals surface area contributed by atoms with Crippen LogP contribution in [-0.2, 0) is 19.6 Å². The van der Waals surface area contributed by atoms with Crippen LogP contribution in [0.4, 0.5) is 5.69 Å². The van der Waals surface area contributed by atoms with Crippen LogP contribution in [0.25, 0.3) is 0 Å². The summed E-state index contributed by atoms with van der Waals surface area (Å²) in [5, 5.41) is 2.35. The molecule has 0 aliphatic carbocycles. The third kappa shape index (κ3) is 3.78. The summed E-state index contributed by atoms with van der Waals surface area (Å²) < 4.78 is 27.6. The highest BCUT2D eigenvalue weighted by atomic mass is 35.5. The summed E-state index contributed by atoms with van der Waals surface area (Å²) in [5.74, 6) is -2.64. The van der Waals surface area contributed by atoms with Crippen LogP contribution in [0.2, 0.25) is 10.0 Å². The number of sulfonamides is 1. The number of nitrogens with one attached hydrogen (secondary N) is 2. The molecule has 0 saturated carbocycles. The van der Waals surface area contributed by atoms with E-state index in [-0.39, 0.29) is 44.6 Å². The maximum absolute atomic E-state index is 12.8. The lowest BCUT2D eigenvalue weighted by Gasteiger charge is -2.27. The molecule has 0 spiro atoms. The van der Waals surface area contributed by atoms with E-state index in [1.165, 1.54) is 36.4 Å². The molecule has 12 heteroatoms. The van der Waals surface area contributed by atoms with Gasteiger partial charge >= 0.3 is 0 Å². The minimum atomic E-state index is -4.05. The second kappa shape index (κ2) is 7.63. The van der Waals surface area contributed by atoms with Gasteiger partial charge in [-0.1, -0.05) is 23.2 Å². The second-order valence-electron chi connectivity index (χ2n) is 6.89. The van der Waals surface area contributed by atoms with Gasteiger partial charge < -0.3 is 0 Å². The Hall–Kier alpha value is -2.95. The van der Waals surface area contributed by atoms with Crippen molar-refractivity contribution in [2.45, 2.75) is 23.8 Å². The summed E-state index contributed by atoms with van der Waals surface area (Å²) in [6, 6.07) is 6.52. The Kier molecular flexibility index (Phi) is 5.24. The summed E-state index contributed by atoms with van der Waals surface area (Å²) in [5.41, 5.74) is 0.0207. The monoisotopic (exact) mass is 481 g/mol. The zero-order valence-corrected chi connectivity index (χ0v) is 17.8. The number of imide groups is 2. The first-order valence-corrected chi connectivity index (χ1v) is 11.2. The number of carbonyl (C=O) groups excluding carboxylic acids is 4. The van der Waals surface area contributed by atoms with E-state index in [4.69, 9.17) is 23.2 Å². The third-order valence-corrected chi connectivity index (χ3v) is 7.01. The first kappa shape index (κ1) is 21.3. The van der Waals surface area contributed by atoms with E-state index >= 15 is 0 Å². The lowest BCUT2D eigenvalue weighted by molar-refractivity contribution is -0.136. The van der Waals surface area contributed by atoms with Crippen LogP contribution in [-0.4, -0.2) is 43.0 Å². The molecule has 2 aliphatic heterocycles. The summed E-state index contributed by atoms with van der Waals surface area (Å²) in [6.07, 6.45) is 0.0193. The molecule has 2 N–H and O–H groups in total. The van der Waals surface area contributed by atoms with Crippen molar-refractivity contribution in [2.75, 3.05) is 4.72 Å². The lowest BCUT2D eigenvalue weighted by atomic mass is 10.0. The molecule has 1 unspecified atom stereocenters. The van der Waals surface area contributed by atoms with Crippen molar-refractivity contribution in [3.8, 4) is 0 Å². The molecule has 4 rings (SSSR count). The molecule has 9 nitrogen and oxygen atoms in total. The van der Waals surface area contributed by atoms with E-state index in [9.17, 15) is 27.6 Å². The van der Waals surface area contributed by atoms with E-state index in [0.717, 1.165) is 4.90 Å². The predicted octanol–water partition coefficient (Wildman–Crippen LogP) is 2.20. The molecule has 0 aromatic heterocycles. The van der Waals surface area contributed by atoms with E-state index < -0.39 is 39.7 Å². The standard InChI is InChI=1S/C19H13Cl2N3O6S/c20-13-4-2-10(8-14(13)21)31(29,30)23-9-1-3-11-12(7-9)19(28)24(18(11)27)15-5-6-16(25)22-17(15)26/h1-4,7-8,15,23H,5-6H2,(H,22,25,26). The van der Waals surface area contributed by atoms with Gasteiger partial charge in [0, 0.05) is 12.1 Å². The SMILES string of the molecule is O=C1CCC(N2C(=O)c3ccc(NS(=O)(=O)c4ccc(Cl)c(Cl)c4)cc3C2=O)C(=O)N1. The number of benzene rings is 2. The first-order chi connectivity index (χ1) is 14.6. The fourth-order valence-corrected chi connectivity index (χ4v) is 4.83. The predicted molar refractivity (Wildman–Crippen MR) is 110 cm³/mol. The minimum absolute atomic E-state index is 0.00148. The zero-order chi connectivity index (χ0) is 22.5. The molecule has 4 amide bonds. The number of anilines is 1. The van der Waals surface area contributed by atoms with Gasteiger partial charge in [-0.3, -0.25) is 34.1 Å². The molecular weight excluding hydrogens is 469 g/mol. The number of carbonyl (C=O) groups is 4. The van der Waals surface area contributed by atoms with Gasteiger partial charge in [0.05, 0.1) is 26.1 Å². The molecule has 1 atom stereocenters. The third-order valence-electron chi connectivity index (χ3n) is 4.89. The molecule has 1 fully saturated rings. The van der Waals surface area contributed by atoms with E-state index in [0.29, 0.717) is 0 Å². The minimum Gasteiger partial charge on any atom is -0.295 e. The van der Waals surface area contributed by atoms with Crippen LogP contribution >= 0.6 is 23.2 Å². The quantitative estimate of drug-likeness (QED) is 0.643. The molecule has 0 radical (unpaired) electrons. The van der Waals surface area contributed by atoms with Crippen molar-refractivity contribution in [1.82, 2.24) is 10.2 Å². The van der Waals surface area contributed by atoms with Crippen LogP contribution in [0.1, 0.15) is 33.6 Å². The number of halogens is 2. The number of hydrogen-bond donors (Lipinski definition) is 2. The van der Waals surface area contributed by atoms with Gasteiger partial charge in [-0.25, -0.2) is 8.42 Å². The van der Waals surface area contributed by atoms with Gasteiger partial charge in [-0.15, -0.1) is 0 Å². The highest BCUT2D eigenvalue weighted by molar-refractivity contribution is 7.92. The average molecular weight is 482 g/mol. The number of rotatable bonds is 4. The van der Waals surface area contributed by atoms with Crippen molar-refractivity contribution in [3.05, 3.63) is 57.6 Å². The Bertz CT molecular complexity index is 1280. The number of fused-ring (bicyclic) bond motifs is 1. The Morgan fingerprint density at radius 3 is 2.32 bits per heavy atom. The summed E-state index contributed by atoms with van der Waals surface area (Å²) in [4.78, 5) is 49.6. The molecule has 2 aliphatic rings. The van der Waals surface area contributed by atoms with E-state index in [2.05, 4.69) is 10.0 Å². The van der Waals surface area contributed by atoms with Crippen molar-refractivity contribution in [2.24, 2.45) is 0 Å². The smallest absolute Gasteiger partial charge is 0.262 e. The van der Waals surface area contributed by atoms with Crippen molar-refractivity contribution >= 4 is 62.5 Å². The van der Waals surface area contributed by atoms with Gasteiger partial charge in [0.1, 0.15) is 6.04 Å². The maximum atomic E-state index is 12.8. The molecule has 1 saturated heterocycles. The van der Waals surface area contributed by atoms with Crippen LogP contribution in [0.5, 0.6) is 0 Å². The Balaban J connectivity index is 1.62. The molecule has 2 aromatic carbocycles. The Morgan fingerprint density at radius 1 is 0.935 bits per heavy atom. The molecule has 160 valence electrons. The second-order valence-corrected chi connectivity index (χ2v) is 9.39. The fraction of sp³-hybridized carbons (Fsp3) is 0.158. The average Bonchev–Trinajstić information content (AvgIpc) is 2.94. The molecule has 2 aromatic rings. The number of amides is 4. The summed E-state index contributed by atoms with van der Waals surface area (Å²) >= 11 is 11.7. The lowest BCUT2D eigenvalue weighted by Crippen LogP contribution is -2.54. The molecule has 0 bridgehead atoms. The van der Waals surface area contributed by atoms with Gasteiger partial charge in [0.25, 0.3) is 21.8 Å². The number of nitrogens with zero attached hydrogens (tertiary/aromatic N) is 1. The van der Waals surface area contributed by atoms with E-state index in [1.54, 1.807) is 0 Å². The van der Waals surface area contributed by atoms with Crippen molar-refractivity contribution in [1.29, 1.82) is 0 Å². The van der Waals surface area contributed by atoms with Gasteiger partial charge in [-0.2, -0.15) is 0 Å². The molecular formula is C19H13Cl2N3O6S. The van der Waals surface area contributed by atoms with Crippen molar-refractivity contribution < 1.29 is 27.6 Å². The van der Waals surface area contributed by atoms with Gasteiger partial charge in [0.15, 0.2) is 0 Å². The van der Waals surface area contributed by atoms with Gasteiger partial charge in [0.2, 0.25) is 11.8 Å². The van der Waals surface area contributed by atoms with Crippen molar-refractivity contribution in [3.63, 3.8) is 0 Å². The van der Waals surface area contributed by atoms with Crippen LogP contribution in [0, 0.1) is 0 Å². The summed E-state index contributed by atoms with van der Waals surface area (Å²) in [6.45, 7) is 0. The Labute approximate surface area is 186 Å². The molecule has 31 heavy (non-hydrogen) atoms. The largest absolute Gasteiger partial charge is 0.295 e.